The van der Waals surface area contributed by atoms with Crippen LogP contribution in [-0.4, -0.2) is 31.1 Å². The summed E-state index contributed by atoms with van der Waals surface area (Å²) < 4.78 is 5.68. The number of hydrogen-bond acceptors (Lipinski definition) is 4. The lowest BCUT2D eigenvalue weighted by Gasteiger charge is -2.33. The number of benzene rings is 2. The van der Waals surface area contributed by atoms with E-state index in [2.05, 4.69) is 5.32 Å². The van der Waals surface area contributed by atoms with E-state index in [1.54, 1.807) is 16.2 Å². The maximum absolute atomic E-state index is 13.7. The van der Waals surface area contributed by atoms with Crippen molar-refractivity contribution in [1.82, 2.24) is 5.32 Å². The number of nitrogens with zero attached hydrogens (tertiary/aromatic N) is 1. The lowest BCUT2D eigenvalue weighted by molar-refractivity contribution is -0.126. The molecule has 2 unspecified atom stereocenters. The number of thiophene rings is 1. The predicted octanol–water partition coefficient (Wildman–Crippen LogP) is 4.67. The number of anilines is 1. The van der Waals surface area contributed by atoms with E-state index in [1.807, 2.05) is 79.0 Å². The lowest BCUT2D eigenvalue weighted by Crippen LogP contribution is -2.46. The first-order valence-electron chi connectivity index (χ1n) is 11.0. The summed E-state index contributed by atoms with van der Waals surface area (Å²) in [5.41, 5.74) is 2.47. The molecule has 1 fully saturated rings. The number of carbonyl (C=O) groups is 2. The van der Waals surface area contributed by atoms with Gasteiger partial charge in [0.05, 0.1) is 12.5 Å². The van der Waals surface area contributed by atoms with Crippen LogP contribution >= 0.6 is 11.3 Å². The Labute approximate surface area is 193 Å². The van der Waals surface area contributed by atoms with Crippen molar-refractivity contribution in [1.29, 1.82) is 0 Å². The van der Waals surface area contributed by atoms with Gasteiger partial charge in [-0.3, -0.25) is 14.5 Å². The van der Waals surface area contributed by atoms with Crippen molar-refractivity contribution in [2.24, 2.45) is 0 Å². The van der Waals surface area contributed by atoms with Gasteiger partial charge in [-0.15, -0.1) is 11.3 Å². The van der Waals surface area contributed by atoms with E-state index >= 15 is 0 Å². The fourth-order valence-corrected chi connectivity index (χ4v) is 4.76. The molecule has 1 N–H and O–H groups in total. The third-order valence-corrected chi connectivity index (χ3v) is 6.58. The first-order valence-corrected chi connectivity index (χ1v) is 11.9. The van der Waals surface area contributed by atoms with Gasteiger partial charge in [-0.2, -0.15) is 0 Å². The fourth-order valence-electron chi connectivity index (χ4n) is 4.07. The Bertz CT molecular complexity index is 1030. The molecule has 2 atom stereocenters. The summed E-state index contributed by atoms with van der Waals surface area (Å²) >= 11 is 1.55. The average Bonchev–Trinajstić information content (AvgIpc) is 3.51. The van der Waals surface area contributed by atoms with Gasteiger partial charge in [0, 0.05) is 23.7 Å². The summed E-state index contributed by atoms with van der Waals surface area (Å²) in [5, 5.41) is 5.01. The summed E-state index contributed by atoms with van der Waals surface area (Å²) in [6.45, 7) is 3.15. The van der Waals surface area contributed by atoms with Crippen molar-refractivity contribution < 1.29 is 14.3 Å². The summed E-state index contributed by atoms with van der Waals surface area (Å²) in [7, 11) is 0. The molecule has 1 saturated heterocycles. The van der Waals surface area contributed by atoms with Crippen LogP contribution in [0.4, 0.5) is 5.69 Å². The Kier molecular flexibility index (Phi) is 7.35. The van der Waals surface area contributed by atoms with Crippen molar-refractivity contribution in [2.75, 3.05) is 18.1 Å². The molecule has 5 nitrogen and oxygen atoms in total. The number of hydrogen-bond donors (Lipinski definition) is 1. The smallest absolute Gasteiger partial charge is 0.247 e. The van der Waals surface area contributed by atoms with Crippen LogP contribution in [0.1, 0.15) is 34.9 Å². The molecule has 32 heavy (non-hydrogen) atoms. The van der Waals surface area contributed by atoms with Gasteiger partial charge in [0.25, 0.3) is 0 Å². The predicted molar refractivity (Wildman–Crippen MR) is 128 cm³/mol. The third-order valence-electron chi connectivity index (χ3n) is 5.70. The monoisotopic (exact) mass is 448 g/mol. The molecule has 0 saturated carbocycles. The number of nitrogens with one attached hydrogen (secondary N) is 1. The molecular weight excluding hydrogens is 420 g/mol. The van der Waals surface area contributed by atoms with Crippen molar-refractivity contribution in [2.45, 2.75) is 38.3 Å². The molecule has 6 heteroatoms. The Hall–Kier alpha value is -2.96. The third kappa shape index (κ3) is 5.26. The highest BCUT2D eigenvalue weighted by Crippen LogP contribution is 2.31. The van der Waals surface area contributed by atoms with Crippen LogP contribution in [0.25, 0.3) is 0 Å². The highest BCUT2D eigenvalue weighted by atomic mass is 32.1. The van der Waals surface area contributed by atoms with E-state index in [9.17, 15) is 9.59 Å². The average molecular weight is 449 g/mol. The lowest BCUT2D eigenvalue weighted by atomic mass is 10.0. The summed E-state index contributed by atoms with van der Waals surface area (Å²) in [6.07, 6.45) is 2.23. The van der Waals surface area contributed by atoms with Gasteiger partial charge >= 0.3 is 0 Å². The maximum Gasteiger partial charge on any atom is 0.247 e. The van der Waals surface area contributed by atoms with Gasteiger partial charge in [-0.25, -0.2) is 0 Å². The van der Waals surface area contributed by atoms with E-state index < -0.39 is 6.04 Å². The first kappa shape index (κ1) is 22.2. The number of amides is 2. The Balaban J connectivity index is 1.70. The Morgan fingerprint density at radius 2 is 1.88 bits per heavy atom. The minimum absolute atomic E-state index is 0.0316. The molecule has 0 spiro atoms. The van der Waals surface area contributed by atoms with Crippen LogP contribution in [-0.2, 0) is 20.7 Å². The second-order valence-corrected chi connectivity index (χ2v) is 9.03. The zero-order valence-electron chi connectivity index (χ0n) is 18.2. The van der Waals surface area contributed by atoms with Gasteiger partial charge in [0.15, 0.2) is 0 Å². The molecule has 2 aromatic carbocycles. The van der Waals surface area contributed by atoms with E-state index in [4.69, 9.17) is 4.74 Å². The van der Waals surface area contributed by atoms with Gasteiger partial charge in [-0.1, -0.05) is 54.6 Å². The van der Waals surface area contributed by atoms with Crippen LogP contribution < -0.4 is 10.2 Å². The zero-order chi connectivity index (χ0) is 22.3. The van der Waals surface area contributed by atoms with E-state index in [1.165, 1.54) is 0 Å². The number of rotatable bonds is 8. The molecule has 2 heterocycles. The SMILES string of the molecule is Cc1ccccc1N(C(=O)Cc1cccs1)C(C(=O)NCC1CCCO1)c1ccccc1. The molecule has 2 amide bonds. The number of para-hydroxylation sites is 1. The topological polar surface area (TPSA) is 58.6 Å². The van der Waals surface area contributed by atoms with Gasteiger partial charge in [-0.05, 0) is 48.4 Å². The molecule has 1 aromatic heterocycles. The maximum atomic E-state index is 13.7. The summed E-state index contributed by atoms with van der Waals surface area (Å²) in [4.78, 5) is 29.9. The summed E-state index contributed by atoms with van der Waals surface area (Å²) in [5.74, 6) is -0.308. The molecule has 0 bridgehead atoms. The van der Waals surface area contributed by atoms with Gasteiger partial charge in [0.2, 0.25) is 11.8 Å². The normalized spacial score (nSPS) is 16.5. The van der Waals surface area contributed by atoms with Crippen LogP contribution in [0.5, 0.6) is 0 Å². The molecule has 4 rings (SSSR count). The van der Waals surface area contributed by atoms with E-state index in [0.717, 1.165) is 41.1 Å². The standard InChI is InChI=1S/C26H28N2O3S/c1-19-9-5-6-14-23(19)28(24(29)17-22-13-8-16-32-22)25(20-10-3-2-4-11-20)26(30)27-18-21-12-7-15-31-21/h2-6,8-11,13-14,16,21,25H,7,12,15,17-18H2,1H3,(H,27,30). The van der Waals surface area contributed by atoms with Crippen molar-refractivity contribution in [3.8, 4) is 0 Å². The molecule has 3 aromatic rings. The second-order valence-electron chi connectivity index (χ2n) is 8.00. The van der Waals surface area contributed by atoms with Gasteiger partial charge < -0.3 is 10.1 Å². The molecule has 0 aliphatic carbocycles. The Morgan fingerprint density at radius 3 is 2.56 bits per heavy atom. The van der Waals surface area contributed by atoms with Crippen LogP contribution in [0, 0.1) is 6.92 Å². The molecule has 1 aliphatic heterocycles. The number of aryl methyl sites for hydroxylation is 1. The van der Waals surface area contributed by atoms with Crippen LogP contribution in [0.2, 0.25) is 0 Å². The minimum Gasteiger partial charge on any atom is -0.376 e. The molecule has 1 aliphatic rings. The zero-order valence-corrected chi connectivity index (χ0v) is 19.0. The van der Waals surface area contributed by atoms with Crippen molar-refractivity contribution in [3.05, 3.63) is 88.1 Å². The quantitative estimate of drug-likeness (QED) is 0.545. The highest BCUT2D eigenvalue weighted by Gasteiger charge is 2.34. The number of ether oxygens (including phenoxy) is 1. The fraction of sp³-hybridized carbons (Fsp3) is 0.308. The van der Waals surface area contributed by atoms with E-state index in [0.29, 0.717) is 6.54 Å². The van der Waals surface area contributed by atoms with Crippen molar-refractivity contribution in [3.63, 3.8) is 0 Å². The number of carbonyl (C=O) groups excluding carboxylic acids is 2. The minimum atomic E-state index is -0.772. The summed E-state index contributed by atoms with van der Waals surface area (Å²) in [6, 6.07) is 20.4. The highest BCUT2D eigenvalue weighted by molar-refractivity contribution is 7.10. The van der Waals surface area contributed by atoms with Crippen LogP contribution in [0.15, 0.2) is 72.1 Å². The second kappa shape index (κ2) is 10.6. The molecule has 166 valence electrons. The molecule has 0 radical (unpaired) electrons. The largest absolute Gasteiger partial charge is 0.376 e. The molecular formula is C26H28N2O3S. The van der Waals surface area contributed by atoms with Crippen LogP contribution in [0.3, 0.4) is 0 Å². The van der Waals surface area contributed by atoms with Crippen molar-refractivity contribution >= 4 is 28.8 Å². The van der Waals surface area contributed by atoms with E-state index in [-0.39, 0.29) is 24.3 Å². The van der Waals surface area contributed by atoms with Gasteiger partial charge in [0.1, 0.15) is 6.04 Å². The Morgan fingerprint density at radius 1 is 1.09 bits per heavy atom. The first-order chi connectivity index (χ1) is 15.6.